The van der Waals surface area contributed by atoms with Crippen molar-refractivity contribution in [3.05, 3.63) is 82.6 Å². The molecular weight excluding hydrogens is 371 g/mol. The van der Waals surface area contributed by atoms with E-state index < -0.39 is 35.2 Å². The zero-order chi connectivity index (χ0) is 20.5. The van der Waals surface area contributed by atoms with Crippen molar-refractivity contribution in [1.82, 2.24) is 4.90 Å². The zero-order valence-corrected chi connectivity index (χ0v) is 15.0. The van der Waals surface area contributed by atoms with E-state index in [1.807, 2.05) is 30.3 Å². The third-order valence-corrected chi connectivity index (χ3v) is 4.72. The Balaban J connectivity index is 1.94. The van der Waals surface area contributed by atoms with Gasteiger partial charge in [0.2, 0.25) is 0 Å². The Morgan fingerprint density at radius 2 is 1.68 bits per heavy atom. The van der Waals surface area contributed by atoms with Crippen LogP contribution in [0.4, 0.5) is 13.2 Å². The third kappa shape index (κ3) is 3.78. The van der Waals surface area contributed by atoms with Crippen molar-refractivity contribution >= 4 is 11.7 Å². The lowest BCUT2D eigenvalue weighted by molar-refractivity contribution is -0.137. The zero-order valence-electron chi connectivity index (χ0n) is 15.0. The number of rotatable bonds is 5. The summed E-state index contributed by atoms with van der Waals surface area (Å²) in [6.45, 7) is 1.42. The van der Waals surface area contributed by atoms with Crippen molar-refractivity contribution in [3.8, 4) is 0 Å². The minimum Gasteiger partial charge on any atom is -0.503 e. The normalized spacial score (nSPS) is 17.4. The standard InChI is InChI=1S/C21H18F3NO3/c1-13(26)17-18(15-7-9-16(10-8-15)21(22,23)24)25(20(28)19(17)27)12-11-14-5-3-2-4-6-14/h2-10,18,27H,11-12H2,1H3. The molecule has 1 atom stereocenters. The fourth-order valence-corrected chi connectivity index (χ4v) is 3.34. The van der Waals surface area contributed by atoms with Crippen LogP contribution in [0.2, 0.25) is 0 Å². The number of aliphatic hydroxyl groups is 1. The summed E-state index contributed by atoms with van der Waals surface area (Å²) in [5.74, 6) is -1.85. The number of aliphatic hydroxyl groups excluding tert-OH is 1. The van der Waals surface area contributed by atoms with Crippen LogP contribution in [0.15, 0.2) is 65.9 Å². The molecule has 0 aliphatic carbocycles. The van der Waals surface area contributed by atoms with Crippen molar-refractivity contribution in [3.63, 3.8) is 0 Å². The van der Waals surface area contributed by atoms with Gasteiger partial charge >= 0.3 is 6.18 Å². The number of halogens is 3. The number of hydrogen-bond donors (Lipinski definition) is 1. The highest BCUT2D eigenvalue weighted by Gasteiger charge is 2.42. The van der Waals surface area contributed by atoms with Gasteiger partial charge in [-0.3, -0.25) is 9.59 Å². The van der Waals surface area contributed by atoms with Gasteiger partial charge in [-0.15, -0.1) is 0 Å². The van der Waals surface area contributed by atoms with Crippen molar-refractivity contribution in [2.75, 3.05) is 6.54 Å². The van der Waals surface area contributed by atoms with Gasteiger partial charge in [0.1, 0.15) is 0 Å². The Labute approximate surface area is 159 Å². The average molecular weight is 389 g/mol. The molecule has 1 heterocycles. The molecule has 0 saturated heterocycles. The molecule has 0 bridgehead atoms. The molecule has 1 aliphatic rings. The predicted molar refractivity (Wildman–Crippen MR) is 96.4 cm³/mol. The first-order chi connectivity index (χ1) is 13.2. The van der Waals surface area contributed by atoms with Gasteiger partial charge < -0.3 is 10.0 Å². The number of Topliss-reactive ketones (excluding diaryl/α,β-unsaturated/α-hetero) is 1. The van der Waals surface area contributed by atoms with Gasteiger partial charge in [0.15, 0.2) is 11.5 Å². The maximum Gasteiger partial charge on any atom is 0.416 e. The van der Waals surface area contributed by atoms with Gasteiger partial charge in [-0.25, -0.2) is 0 Å². The molecule has 0 radical (unpaired) electrons. The Kier molecular flexibility index (Phi) is 5.27. The number of nitrogens with zero attached hydrogens (tertiary/aromatic N) is 1. The molecule has 0 fully saturated rings. The molecule has 0 aromatic heterocycles. The summed E-state index contributed by atoms with van der Waals surface area (Å²) in [6.07, 6.45) is -4.01. The fourth-order valence-electron chi connectivity index (χ4n) is 3.34. The van der Waals surface area contributed by atoms with Crippen LogP contribution in [0.25, 0.3) is 0 Å². The van der Waals surface area contributed by atoms with Crippen molar-refractivity contribution in [2.45, 2.75) is 25.6 Å². The van der Waals surface area contributed by atoms with E-state index in [2.05, 4.69) is 0 Å². The average Bonchev–Trinajstić information content (AvgIpc) is 2.91. The number of carbonyl (C=O) groups excluding carboxylic acids is 2. The molecule has 1 aliphatic heterocycles. The van der Waals surface area contributed by atoms with E-state index in [1.54, 1.807) is 0 Å². The Hall–Kier alpha value is -3.09. The van der Waals surface area contributed by atoms with Crippen LogP contribution in [0.5, 0.6) is 0 Å². The van der Waals surface area contributed by atoms with Crippen LogP contribution in [0.3, 0.4) is 0 Å². The lowest BCUT2D eigenvalue weighted by Gasteiger charge is -2.27. The van der Waals surface area contributed by atoms with Crippen molar-refractivity contribution in [2.24, 2.45) is 0 Å². The van der Waals surface area contributed by atoms with Gasteiger partial charge in [0.05, 0.1) is 17.2 Å². The van der Waals surface area contributed by atoms with E-state index in [1.165, 1.54) is 24.0 Å². The molecular formula is C21H18F3NO3. The number of hydrogen-bond acceptors (Lipinski definition) is 3. The first-order valence-corrected chi connectivity index (χ1v) is 8.66. The van der Waals surface area contributed by atoms with E-state index in [0.29, 0.717) is 12.0 Å². The monoisotopic (exact) mass is 389 g/mol. The quantitative estimate of drug-likeness (QED) is 0.833. The second-order valence-corrected chi connectivity index (χ2v) is 6.57. The molecule has 7 heteroatoms. The molecule has 4 nitrogen and oxygen atoms in total. The number of benzene rings is 2. The van der Waals surface area contributed by atoms with Gasteiger partial charge in [-0.05, 0) is 36.6 Å². The van der Waals surface area contributed by atoms with Gasteiger partial charge in [0.25, 0.3) is 5.91 Å². The van der Waals surface area contributed by atoms with Crippen LogP contribution in [0, 0.1) is 0 Å². The Morgan fingerprint density at radius 1 is 1.07 bits per heavy atom. The molecule has 28 heavy (non-hydrogen) atoms. The van der Waals surface area contributed by atoms with Crippen LogP contribution >= 0.6 is 0 Å². The highest BCUT2D eigenvalue weighted by molar-refractivity contribution is 6.08. The van der Waals surface area contributed by atoms with Crippen molar-refractivity contribution in [1.29, 1.82) is 0 Å². The van der Waals surface area contributed by atoms with Gasteiger partial charge in [-0.2, -0.15) is 13.2 Å². The lowest BCUT2D eigenvalue weighted by atomic mass is 9.95. The van der Waals surface area contributed by atoms with Crippen LogP contribution < -0.4 is 0 Å². The molecule has 146 valence electrons. The maximum absolute atomic E-state index is 12.8. The van der Waals surface area contributed by atoms with E-state index >= 15 is 0 Å². The fraction of sp³-hybridized carbons (Fsp3) is 0.238. The first kappa shape index (κ1) is 19.7. The number of amides is 1. The summed E-state index contributed by atoms with van der Waals surface area (Å²) >= 11 is 0. The van der Waals surface area contributed by atoms with Crippen molar-refractivity contribution < 1.29 is 27.9 Å². The molecule has 3 rings (SSSR count). The number of alkyl halides is 3. The highest BCUT2D eigenvalue weighted by atomic mass is 19.4. The molecule has 0 spiro atoms. The highest BCUT2D eigenvalue weighted by Crippen LogP contribution is 2.39. The molecule has 0 saturated carbocycles. The SMILES string of the molecule is CC(=O)C1=C(O)C(=O)N(CCc2ccccc2)C1c1ccc(C(F)(F)F)cc1. The van der Waals surface area contributed by atoms with E-state index in [9.17, 15) is 27.9 Å². The maximum atomic E-state index is 12.8. The lowest BCUT2D eigenvalue weighted by Crippen LogP contribution is -2.33. The van der Waals surface area contributed by atoms with Crippen LogP contribution in [-0.2, 0) is 22.2 Å². The number of carbonyl (C=O) groups is 2. The molecule has 1 unspecified atom stereocenters. The summed E-state index contributed by atoms with van der Waals surface area (Å²) in [6, 6.07) is 12.7. The molecule has 1 amide bonds. The van der Waals surface area contributed by atoms with E-state index in [-0.39, 0.29) is 12.1 Å². The second-order valence-electron chi connectivity index (χ2n) is 6.57. The summed E-state index contributed by atoms with van der Waals surface area (Å²) in [7, 11) is 0. The molecule has 2 aromatic rings. The van der Waals surface area contributed by atoms with Crippen LogP contribution in [-0.4, -0.2) is 28.2 Å². The summed E-state index contributed by atoms with van der Waals surface area (Å²) in [5, 5.41) is 10.2. The largest absolute Gasteiger partial charge is 0.503 e. The van der Waals surface area contributed by atoms with E-state index in [4.69, 9.17) is 0 Å². The summed E-state index contributed by atoms with van der Waals surface area (Å²) < 4.78 is 38.5. The first-order valence-electron chi connectivity index (χ1n) is 8.66. The number of ketones is 1. The van der Waals surface area contributed by atoms with E-state index in [0.717, 1.165) is 17.7 Å². The molecule has 1 N–H and O–H groups in total. The van der Waals surface area contributed by atoms with Crippen LogP contribution in [0.1, 0.15) is 29.7 Å². The van der Waals surface area contributed by atoms with Gasteiger partial charge in [0, 0.05) is 6.54 Å². The summed E-state index contributed by atoms with van der Waals surface area (Å²) in [4.78, 5) is 25.9. The Bertz CT molecular complexity index is 918. The smallest absolute Gasteiger partial charge is 0.416 e. The Morgan fingerprint density at radius 3 is 2.21 bits per heavy atom. The summed E-state index contributed by atoms with van der Waals surface area (Å²) in [5.41, 5.74) is 0.368. The minimum atomic E-state index is -4.49. The minimum absolute atomic E-state index is 0.0992. The predicted octanol–water partition coefficient (Wildman–Crippen LogP) is 4.23. The third-order valence-electron chi connectivity index (χ3n) is 4.72. The molecule has 2 aromatic carbocycles. The topological polar surface area (TPSA) is 57.6 Å². The second kappa shape index (κ2) is 7.50. The van der Waals surface area contributed by atoms with Gasteiger partial charge in [-0.1, -0.05) is 42.5 Å².